The van der Waals surface area contributed by atoms with Crippen molar-refractivity contribution in [1.82, 2.24) is 15.1 Å². The van der Waals surface area contributed by atoms with Gasteiger partial charge in [0.1, 0.15) is 24.1 Å². The van der Waals surface area contributed by atoms with Crippen molar-refractivity contribution in [2.45, 2.75) is 26.2 Å². The highest BCUT2D eigenvalue weighted by Gasteiger charge is 2.16. The number of nitriles is 1. The predicted molar refractivity (Wildman–Crippen MR) is 95.3 cm³/mol. The fourth-order valence-electron chi connectivity index (χ4n) is 2.40. The van der Waals surface area contributed by atoms with Gasteiger partial charge < -0.3 is 15.8 Å². The van der Waals surface area contributed by atoms with Gasteiger partial charge in [-0.15, -0.1) is 0 Å². The Kier molecular flexibility index (Phi) is 6.74. The number of carbonyl (C=O) groups is 2. The van der Waals surface area contributed by atoms with E-state index in [1.54, 1.807) is 4.68 Å². The molecule has 0 aliphatic rings. The lowest BCUT2D eigenvalue weighted by molar-refractivity contribution is -0.141. The van der Waals surface area contributed by atoms with Crippen LogP contribution in [0.4, 0.5) is 5.82 Å². The third kappa shape index (κ3) is 5.08. The molecule has 0 saturated carbocycles. The molecular weight excluding hydrogens is 334 g/mol. The van der Waals surface area contributed by atoms with E-state index in [0.717, 1.165) is 5.69 Å². The molecule has 0 saturated heterocycles. The number of hydrogen-bond acceptors (Lipinski definition) is 6. The summed E-state index contributed by atoms with van der Waals surface area (Å²) in [6, 6.07) is 11.4. The Labute approximate surface area is 151 Å². The number of anilines is 1. The molecule has 0 aliphatic carbocycles. The summed E-state index contributed by atoms with van der Waals surface area (Å²) in [5, 5.41) is 16.5. The quantitative estimate of drug-likeness (QED) is 0.544. The first-order valence-corrected chi connectivity index (χ1v) is 8.26. The van der Waals surface area contributed by atoms with Crippen LogP contribution < -0.4 is 11.1 Å². The van der Waals surface area contributed by atoms with Crippen molar-refractivity contribution in [3.05, 3.63) is 41.6 Å². The Morgan fingerprint density at radius 2 is 2.08 bits per heavy atom. The van der Waals surface area contributed by atoms with Crippen molar-refractivity contribution in [1.29, 1.82) is 5.26 Å². The monoisotopic (exact) mass is 355 g/mol. The van der Waals surface area contributed by atoms with Crippen LogP contribution in [0.2, 0.25) is 0 Å². The molecule has 8 heteroatoms. The number of ether oxygens (including phenoxy) is 1. The summed E-state index contributed by atoms with van der Waals surface area (Å²) in [6.07, 6.45) is 1.25. The molecule has 3 N–H and O–H groups in total. The van der Waals surface area contributed by atoms with E-state index >= 15 is 0 Å². The number of rotatable bonds is 8. The number of nitrogens with two attached hydrogens (primary N) is 1. The minimum atomic E-state index is -0.409. The van der Waals surface area contributed by atoms with Gasteiger partial charge in [0.2, 0.25) is 5.91 Å². The van der Waals surface area contributed by atoms with Crippen LogP contribution in [-0.2, 0) is 20.7 Å². The molecule has 0 atom stereocenters. The first-order chi connectivity index (χ1) is 12.5. The van der Waals surface area contributed by atoms with Crippen molar-refractivity contribution < 1.29 is 14.3 Å². The zero-order chi connectivity index (χ0) is 18.9. The number of nitrogens with one attached hydrogen (secondary N) is 1. The largest absolute Gasteiger partial charge is 0.465 e. The van der Waals surface area contributed by atoms with E-state index in [0.29, 0.717) is 36.5 Å². The molecule has 1 aromatic carbocycles. The maximum Gasteiger partial charge on any atom is 0.302 e. The molecule has 1 aromatic heterocycles. The number of carbonyl (C=O) groups excluding carboxylic acids is 2. The van der Waals surface area contributed by atoms with E-state index in [4.69, 9.17) is 10.5 Å². The molecule has 2 rings (SSSR count). The molecule has 1 amide bonds. The van der Waals surface area contributed by atoms with Crippen LogP contribution in [0.25, 0.3) is 5.69 Å². The number of nitrogens with zero attached hydrogens (tertiary/aromatic N) is 3. The van der Waals surface area contributed by atoms with E-state index < -0.39 is 5.97 Å². The second-order valence-corrected chi connectivity index (χ2v) is 5.61. The Morgan fingerprint density at radius 1 is 1.35 bits per heavy atom. The summed E-state index contributed by atoms with van der Waals surface area (Å²) >= 11 is 0. The van der Waals surface area contributed by atoms with Gasteiger partial charge in [-0.3, -0.25) is 9.59 Å². The Morgan fingerprint density at radius 3 is 2.73 bits per heavy atom. The van der Waals surface area contributed by atoms with E-state index in [1.807, 2.05) is 30.3 Å². The third-order valence-electron chi connectivity index (χ3n) is 3.65. The van der Waals surface area contributed by atoms with Crippen LogP contribution in [-0.4, -0.2) is 34.8 Å². The second-order valence-electron chi connectivity index (χ2n) is 5.61. The average Bonchev–Trinajstić information content (AvgIpc) is 2.94. The third-order valence-corrected chi connectivity index (χ3v) is 3.65. The van der Waals surface area contributed by atoms with Gasteiger partial charge in [-0.2, -0.15) is 10.4 Å². The highest BCUT2D eigenvalue weighted by Crippen LogP contribution is 2.21. The molecule has 8 nitrogen and oxygen atoms in total. The minimum absolute atomic E-state index is 0.0672. The van der Waals surface area contributed by atoms with E-state index in [-0.39, 0.29) is 18.9 Å². The second kappa shape index (κ2) is 9.22. The fourth-order valence-corrected chi connectivity index (χ4v) is 2.40. The van der Waals surface area contributed by atoms with Gasteiger partial charge in [0, 0.05) is 13.5 Å². The van der Waals surface area contributed by atoms with Gasteiger partial charge in [-0.05, 0) is 25.0 Å². The molecule has 0 unspecified atom stereocenters. The van der Waals surface area contributed by atoms with Gasteiger partial charge in [0.15, 0.2) is 0 Å². The molecule has 1 heterocycles. The molecular formula is C18H21N5O3. The molecule has 2 aromatic rings. The van der Waals surface area contributed by atoms with Crippen molar-refractivity contribution in [3.8, 4) is 11.8 Å². The summed E-state index contributed by atoms with van der Waals surface area (Å²) < 4.78 is 6.26. The number of para-hydroxylation sites is 1. The number of aryl methyl sites for hydroxylation is 1. The zero-order valence-electron chi connectivity index (χ0n) is 14.6. The normalized spacial score (nSPS) is 10.2. The van der Waals surface area contributed by atoms with Crippen LogP contribution in [0.5, 0.6) is 0 Å². The first-order valence-electron chi connectivity index (χ1n) is 8.26. The van der Waals surface area contributed by atoms with Gasteiger partial charge in [0.25, 0.3) is 0 Å². The maximum absolute atomic E-state index is 11.6. The summed E-state index contributed by atoms with van der Waals surface area (Å²) in [4.78, 5) is 22.2. The number of hydrogen-bond donors (Lipinski definition) is 2. The number of amides is 1. The lowest BCUT2D eigenvalue weighted by Crippen LogP contribution is -2.26. The highest BCUT2D eigenvalue weighted by molar-refractivity contribution is 5.76. The van der Waals surface area contributed by atoms with E-state index in [9.17, 15) is 14.9 Å². The summed E-state index contributed by atoms with van der Waals surface area (Å²) in [5.74, 6) is -0.298. The van der Waals surface area contributed by atoms with Crippen LogP contribution in [0.15, 0.2) is 30.3 Å². The fraction of sp³-hybridized carbons (Fsp3) is 0.333. The molecule has 0 spiro atoms. The van der Waals surface area contributed by atoms with E-state index in [1.165, 1.54) is 6.92 Å². The minimum Gasteiger partial charge on any atom is -0.465 e. The topological polar surface area (TPSA) is 123 Å². The Hall–Kier alpha value is -3.34. The van der Waals surface area contributed by atoms with Gasteiger partial charge in [0.05, 0.1) is 17.8 Å². The molecule has 0 bridgehead atoms. The molecule has 26 heavy (non-hydrogen) atoms. The Balaban J connectivity index is 1.89. The van der Waals surface area contributed by atoms with Gasteiger partial charge in [-0.1, -0.05) is 18.2 Å². The van der Waals surface area contributed by atoms with Crippen LogP contribution >= 0.6 is 0 Å². The molecule has 0 aliphatic heterocycles. The Bertz CT molecular complexity index is 808. The van der Waals surface area contributed by atoms with Gasteiger partial charge in [-0.25, -0.2) is 4.68 Å². The number of nitrogen functional groups attached to an aromatic ring is 1. The standard InChI is InChI=1S/C18H21N5O3/c1-13(24)26-11-9-17(25)21-10-5-8-16-15(12-19)18(20)23(22-16)14-6-3-2-4-7-14/h2-4,6-7H,5,8-11,20H2,1H3,(H,21,25). The summed E-state index contributed by atoms with van der Waals surface area (Å²) in [6.45, 7) is 1.80. The predicted octanol–water partition coefficient (Wildman–Crippen LogP) is 1.33. The number of benzene rings is 1. The van der Waals surface area contributed by atoms with Crippen molar-refractivity contribution >= 4 is 17.7 Å². The summed E-state index contributed by atoms with van der Waals surface area (Å²) in [7, 11) is 0. The number of esters is 1. The molecule has 0 radical (unpaired) electrons. The summed E-state index contributed by atoms with van der Waals surface area (Å²) in [5.41, 5.74) is 7.79. The zero-order valence-corrected chi connectivity index (χ0v) is 14.6. The van der Waals surface area contributed by atoms with E-state index in [2.05, 4.69) is 16.5 Å². The van der Waals surface area contributed by atoms with Crippen molar-refractivity contribution in [2.75, 3.05) is 18.9 Å². The maximum atomic E-state index is 11.6. The lowest BCUT2D eigenvalue weighted by Gasteiger charge is -2.05. The first kappa shape index (κ1) is 19.0. The van der Waals surface area contributed by atoms with Gasteiger partial charge >= 0.3 is 5.97 Å². The molecule has 0 fully saturated rings. The average molecular weight is 355 g/mol. The van der Waals surface area contributed by atoms with Crippen LogP contribution in [0, 0.1) is 11.3 Å². The van der Waals surface area contributed by atoms with Crippen molar-refractivity contribution in [2.24, 2.45) is 0 Å². The van der Waals surface area contributed by atoms with Crippen LogP contribution in [0.1, 0.15) is 31.0 Å². The lowest BCUT2D eigenvalue weighted by atomic mass is 10.1. The smallest absolute Gasteiger partial charge is 0.302 e. The molecule has 136 valence electrons. The SMILES string of the molecule is CC(=O)OCCC(=O)NCCCc1nn(-c2ccccc2)c(N)c1C#N. The van der Waals surface area contributed by atoms with Crippen LogP contribution in [0.3, 0.4) is 0 Å². The van der Waals surface area contributed by atoms with Crippen molar-refractivity contribution in [3.63, 3.8) is 0 Å². The highest BCUT2D eigenvalue weighted by atomic mass is 16.5. The number of aromatic nitrogens is 2.